The first-order valence-electron chi connectivity index (χ1n) is 9.84. The van der Waals surface area contributed by atoms with Crippen molar-refractivity contribution < 1.29 is 29.4 Å². The van der Waals surface area contributed by atoms with Gasteiger partial charge in [0.2, 0.25) is 17.7 Å². The van der Waals surface area contributed by atoms with Crippen molar-refractivity contribution in [2.24, 2.45) is 17.4 Å². The molecule has 174 valence electrons. The van der Waals surface area contributed by atoms with Gasteiger partial charge in [0.1, 0.15) is 24.2 Å². The third kappa shape index (κ3) is 9.74. The van der Waals surface area contributed by atoms with Gasteiger partial charge in [0.25, 0.3) is 0 Å². The third-order valence-corrected chi connectivity index (χ3v) is 4.81. The number of nitrogens with one attached hydrogen (secondary N) is 3. The quantitative estimate of drug-likeness (QED) is 0.109. The number of hydrogen-bond donors (Lipinski definition) is 8. The first-order chi connectivity index (χ1) is 14.0. The Kier molecular flexibility index (Phi) is 13.3. The molecule has 0 aliphatic rings. The van der Waals surface area contributed by atoms with Crippen molar-refractivity contribution in [1.29, 1.82) is 0 Å². The fourth-order valence-electron chi connectivity index (χ4n) is 2.48. The number of thiol groups is 1. The minimum Gasteiger partial charge on any atom is -0.480 e. The Hall–Kier alpha value is -1.89. The van der Waals surface area contributed by atoms with Gasteiger partial charge in [0, 0.05) is 5.75 Å². The topological polar surface area (TPSA) is 197 Å². The van der Waals surface area contributed by atoms with Crippen LogP contribution in [0, 0.1) is 5.92 Å². The molecule has 0 heterocycles. The van der Waals surface area contributed by atoms with Crippen LogP contribution in [0.1, 0.15) is 40.0 Å². The SMILES string of the molecule is CC(C)C(NC(=O)C(N)C(C)O)C(=O)NC(CS)C(=O)NC(CCCCN)C(=O)O. The lowest BCUT2D eigenvalue weighted by Crippen LogP contribution is -2.59. The molecule has 0 radical (unpaired) electrons. The zero-order valence-corrected chi connectivity index (χ0v) is 18.5. The molecule has 0 aromatic carbocycles. The summed E-state index contributed by atoms with van der Waals surface area (Å²) in [5, 5.41) is 26.0. The lowest BCUT2D eigenvalue weighted by molar-refractivity contribution is -0.142. The maximum absolute atomic E-state index is 12.6. The minimum absolute atomic E-state index is 0.0847. The highest BCUT2D eigenvalue weighted by atomic mass is 32.1. The van der Waals surface area contributed by atoms with E-state index in [2.05, 4.69) is 28.6 Å². The molecule has 0 saturated heterocycles. The van der Waals surface area contributed by atoms with E-state index in [0.29, 0.717) is 19.4 Å². The highest BCUT2D eigenvalue weighted by molar-refractivity contribution is 7.80. The van der Waals surface area contributed by atoms with Crippen molar-refractivity contribution in [3.8, 4) is 0 Å². The summed E-state index contributed by atoms with van der Waals surface area (Å²) in [5.74, 6) is -3.69. The Labute approximate surface area is 182 Å². The summed E-state index contributed by atoms with van der Waals surface area (Å²) in [7, 11) is 0. The van der Waals surface area contributed by atoms with Crippen LogP contribution < -0.4 is 27.4 Å². The van der Waals surface area contributed by atoms with Crippen molar-refractivity contribution in [2.75, 3.05) is 12.3 Å². The molecule has 0 bridgehead atoms. The number of nitrogens with two attached hydrogens (primary N) is 2. The molecule has 3 amide bonds. The minimum atomic E-state index is -1.21. The number of amides is 3. The summed E-state index contributed by atoms with van der Waals surface area (Å²) in [6, 6.07) is -4.46. The second-order valence-corrected chi connectivity index (χ2v) is 7.79. The zero-order chi connectivity index (χ0) is 23.4. The monoisotopic (exact) mass is 449 g/mol. The van der Waals surface area contributed by atoms with E-state index in [0.717, 1.165) is 0 Å². The van der Waals surface area contributed by atoms with E-state index in [4.69, 9.17) is 11.5 Å². The molecule has 0 saturated carbocycles. The fraction of sp³-hybridized carbons (Fsp3) is 0.778. The number of aliphatic carboxylic acids is 1. The van der Waals surface area contributed by atoms with Crippen LogP contribution in [0.25, 0.3) is 0 Å². The first-order valence-corrected chi connectivity index (χ1v) is 10.5. The molecule has 0 aromatic rings. The van der Waals surface area contributed by atoms with Gasteiger partial charge in [-0.15, -0.1) is 0 Å². The number of aliphatic hydroxyl groups excluding tert-OH is 1. The number of carbonyl (C=O) groups excluding carboxylic acids is 3. The van der Waals surface area contributed by atoms with Crippen LogP contribution in [0.4, 0.5) is 0 Å². The maximum atomic E-state index is 12.6. The van der Waals surface area contributed by atoms with E-state index in [1.807, 2.05) is 0 Å². The summed E-state index contributed by atoms with van der Waals surface area (Å²) < 4.78 is 0. The van der Waals surface area contributed by atoms with Crippen LogP contribution in [0.2, 0.25) is 0 Å². The normalized spacial score (nSPS) is 16.1. The number of unbranched alkanes of at least 4 members (excludes halogenated alkanes) is 1. The summed E-state index contributed by atoms with van der Waals surface area (Å²) in [4.78, 5) is 48.6. The van der Waals surface area contributed by atoms with Crippen LogP contribution in [0.5, 0.6) is 0 Å². The van der Waals surface area contributed by atoms with E-state index in [1.54, 1.807) is 13.8 Å². The number of carboxylic acid groups (broad SMARTS) is 1. The average molecular weight is 450 g/mol. The van der Waals surface area contributed by atoms with Crippen molar-refractivity contribution in [1.82, 2.24) is 16.0 Å². The molecule has 0 fully saturated rings. The third-order valence-electron chi connectivity index (χ3n) is 4.45. The molecule has 0 spiro atoms. The van der Waals surface area contributed by atoms with E-state index < -0.39 is 54.0 Å². The molecule has 0 aliphatic heterocycles. The largest absolute Gasteiger partial charge is 0.480 e. The van der Waals surface area contributed by atoms with Crippen LogP contribution in [-0.4, -0.2) is 76.5 Å². The Bertz CT molecular complexity index is 589. The van der Waals surface area contributed by atoms with Crippen LogP contribution in [0.3, 0.4) is 0 Å². The predicted molar refractivity (Wildman–Crippen MR) is 115 cm³/mol. The van der Waals surface area contributed by atoms with Gasteiger partial charge in [-0.1, -0.05) is 13.8 Å². The van der Waals surface area contributed by atoms with Crippen molar-refractivity contribution in [2.45, 2.75) is 70.3 Å². The predicted octanol–water partition coefficient (Wildman–Crippen LogP) is -2.05. The van der Waals surface area contributed by atoms with Gasteiger partial charge in [-0.05, 0) is 38.6 Å². The molecular formula is C18H35N5O6S. The molecule has 30 heavy (non-hydrogen) atoms. The molecule has 12 heteroatoms. The molecule has 11 nitrogen and oxygen atoms in total. The van der Waals surface area contributed by atoms with Crippen molar-refractivity contribution >= 4 is 36.3 Å². The molecular weight excluding hydrogens is 414 g/mol. The Morgan fingerprint density at radius 1 is 0.933 bits per heavy atom. The molecule has 5 unspecified atom stereocenters. The first kappa shape index (κ1) is 28.1. The summed E-state index contributed by atoms with van der Waals surface area (Å²) in [6.45, 7) is 5.14. The van der Waals surface area contributed by atoms with Gasteiger partial charge in [-0.3, -0.25) is 14.4 Å². The molecule has 0 aliphatic carbocycles. The number of aliphatic hydroxyl groups is 1. The molecule has 0 aromatic heterocycles. The highest BCUT2D eigenvalue weighted by Crippen LogP contribution is 2.06. The van der Waals surface area contributed by atoms with E-state index in [9.17, 15) is 29.4 Å². The van der Waals surface area contributed by atoms with Crippen LogP contribution in [0.15, 0.2) is 0 Å². The van der Waals surface area contributed by atoms with Gasteiger partial charge in [-0.2, -0.15) is 12.6 Å². The Morgan fingerprint density at radius 3 is 1.93 bits per heavy atom. The lowest BCUT2D eigenvalue weighted by Gasteiger charge is -2.26. The van der Waals surface area contributed by atoms with Crippen molar-refractivity contribution in [3.63, 3.8) is 0 Å². The number of carboxylic acids is 1. The Morgan fingerprint density at radius 2 is 1.50 bits per heavy atom. The van der Waals surface area contributed by atoms with Crippen LogP contribution in [-0.2, 0) is 19.2 Å². The summed E-state index contributed by atoms with van der Waals surface area (Å²) in [5.41, 5.74) is 11.0. The number of rotatable bonds is 14. The average Bonchev–Trinajstić information content (AvgIpc) is 2.67. The summed E-state index contributed by atoms with van der Waals surface area (Å²) >= 11 is 4.06. The molecule has 5 atom stereocenters. The van der Waals surface area contributed by atoms with Gasteiger partial charge in [0.05, 0.1) is 6.10 Å². The van der Waals surface area contributed by atoms with E-state index in [-0.39, 0.29) is 18.1 Å². The van der Waals surface area contributed by atoms with E-state index in [1.165, 1.54) is 6.92 Å². The number of carbonyl (C=O) groups is 4. The fourth-order valence-corrected chi connectivity index (χ4v) is 2.74. The van der Waals surface area contributed by atoms with E-state index >= 15 is 0 Å². The Balaban J connectivity index is 5.11. The second-order valence-electron chi connectivity index (χ2n) is 7.42. The van der Waals surface area contributed by atoms with Gasteiger partial charge >= 0.3 is 5.97 Å². The van der Waals surface area contributed by atoms with Gasteiger partial charge in [0.15, 0.2) is 0 Å². The van der Waals surface area contributed by atoms with Crippen molar-refractivity contribution in [3.05, 3.63) is 0 Å². The molecule has 0 rings (SSSR count). The second kappa shape index (κ2) is 14.2. The van der Waals surface area contributed by atoms with Gasteiger partial charge in [-0.25, -0.2) is 4.79 Å². The van der Waals surface area contributed by atoms with Crippen LogP contribution >= 0.6 is 12.6 Å². The summed E-state index contributed by atoms with van der Waals surface area (Å²) in [6.07, 6.45) is 0.241. The number of hydrogen-bond acceptors (Lipinski definition) is 8. The maximum Gasteiger partial charge on any atom is 0.326 e. The smallest absolute Gasteiger partial charge is 0.326 e. The lowest BCUT2D eigenvalue weighted by atomic mass is 10.0. The standard InChI is InChI=1S/C18H35N5O6S/c1-9(2)14(23-16(26)13(20)10(3)24)17(27)22-12(8-30)15(25)21-11(18(28)29)6-4-5-7-19/h9-14,24,30H,4-8,19-20H2,1-3H3,(H,21,25)(H,22,27)(H,23,26)(H,28,29). The zero-order valence-electron chi connectivity index (χ0n) is 17.6. The van der Waals surface area contributed by atoms with Gasteiger partial charge < -0.3 is 37.6 Å². The highest BCUT2D eigenvalue weighted by Gasteiger charge is 2.31. The molecule has 9 N–H and O–H groups in total.